The van der Waals surface area contributed by atoms with Gasteiger partial charge in [0.05, 0.1) is 6.04 Å². The van der Waals surface area contributed by atoms with Crippen molar-refractivity contribution in [3.63, 3.8) is 0 Å². The zero-order valence-corrected chi connectivity index (χ0v) is 13.6. The number of rotatable bonds is 6. The molecule has 1 aromatic carbocycles. The van der Waals surface area contributed by atoms with Gasteiger partial charge >= 0.3 is 0 Å². The summed E-state index contributed by atoms with van der Waals surface area (Å²) in [6.45, 7) is 7.59. The Bertz CT molecular complexity index is 504. The van der Waals surface area contributed by atoms with Crippen molar-refractivity contribution in [3.8, 4) is 0 Å². The lowest BCUT2D eigenvalue weighted by molar-refractivity contribution is 0.598. The molecule has 2 unspecified atom stereocenters. The minimum Gasteiger partial charge on any atom is -0.367 e. The molecule has 0 aliphatic rings. The van der Waals surface area contributed by atoms with Crippen LogP contribution in [0.5, 0.6) is 0 Å². The van der Waals surface area contributed by atoms with Crippen molar-refractivity contribution in [1.29, 1.82) is 0 Å². The molecule has 0 aliphatic carbocycles. The largest absolute Gasteiger partial charge is 0.367 e. The zero-order chi connectivity index (χ0) is 14.5. The second-order valence-corrected chi connectivity index (χ2v) is 6.15. The third-order valence-electron chi connectivity index (χ3n) is 3.85. The Balaban J connectivity index is 2.09. The van der Waals surface area contributed by atoms with Gasteiger partial charge in [-0.1, -0.05) is 25.1 Å². The van der Waals surface area contributed by atoms with E-state index < -0.39 is 0 Å². The highest BCUT2D eigenvalue weighted by Gasteiger charge is 2.13. The van der Waals surface area contributed by atoms with Crippen LogP contribution in [0.2, 0.25) is 0 Å². The van der Waals surface area contributed by atoms with Crippen LogP contribution in [0, 0.1) is 0 Å². The molecule has 1 aromatic heterocycles. The molecule has 0 fully saturated rings. The lowest BCUT2D eigenvalue weighted by atomic mass is 10.1. The van der Waals surface area contributed by atoms with E-state index in [9.17, 15) is 0 Å². The Morgan fingerprint density at radius 1 is 1.15 bits per heavy atom. The average Bonchev–Trinajstić information content (AvgIpc) is 3.00. The van der Waals surface area contributed by atoms with Gasteiger partial charge in [0.2, 0.25) is 0 Å². The minimum atomic E-state index is 0.409. The van der Waals surface area contributed by atoms with Crippen LogP contribution in [0.3, 0.4) is 0 Å². The van der Waals surface area contributed by atoms with Gasteiger partial charge in [0, 0.05) is 23.7 Å². The fourth-order valence-corrected chi connectivity index (χ4v) is 3.19. The maximum atomic E-state index is 3.44. The van der Waals surface area contributed by atoms with Crippen molar-refractivity contribution < 1.29 is 0 Å². The Hall–Kier alpha value is -1.32. The van der Waals surface area contributed by atoms with E-state index in [1.54, 1.807) is 0 Å². The topological polar surface area (TPSA) is 15.3 Å². The standard InChI is InChI=1S/C17H24N2S/c1-5-18-13(2)15-8-10-16(11-9-15)19(4)14(3)17-7-6-12-20-17/h6-14,18H,5H2,1-4H3. The summed E-state index contributed by atoms with van der Waals surface area (Å²) >= 11 is 1.82. The average molecular weight is 288 g/mol. The molecule has 0 radical (unpaired) electrons. The fraction of sp³-hybridized carbons (Fsp3) is 0.412. The molecule has 0 saturated heterocycles. The van der Waals surface area contributed by atoms with E-state index in [0.717, 1.165) is 6.54 Å². The van der Waals surface area contributed by atoms with Gasteiger partial charge < -0.3 is 10.2 Å². The summed E-state index contributed by atoms with van der Waals surface area (Å²) in [6, 6.07) is 14.0. The van der Waals surface area contributed by atoms with E-state index >= 15 is 0 Å². The van der Waals surface area contributed by atoms with Gasteiger partial charge in [-0.2, -0.15) is 0 Å². The number of hydrogen-bond donors (Lipinski definition) is 1. The zero-order valence-electron chi connectivity index (χ0n) is 12.8. The molecule has 1 heterocycles. The number of anilines is 1. The third kappa shape index (κ3) is 3.41. The first kappa shape index (κ1) is 15.1. The van der Waals surface area contributed by atoms with Gasteiger partial charge in [0.1, 0.15) is 0 Å². The molecule has 20 heavy (non-hydrogen) atoms. The summed E-state index contributed by atoms with van der Waals surface area (Å²) in [5.74, 6) is 0. The molecule has 0 spiro atoms. The second-order valence-electron chi connectivity index (χ2n) is 5.17. The maximum absolute atomic E-state index is 3.44. The molecule has 0 aliphatic heterocycles. The first-order valence-electron chi connectivity index (χ1n) is 7.23. The summed E-state index contributed by atoms with van der Waals surface area (Å²) in [5, 5.41) is 5.58. The Morgan fingerprint density at radius 2 is 1.85 bits per heavy atom. The van der Waals surface area contributed by atoms with Gasteiger partial charge in [-0.05, 0) is 49.5 Å². The molecular formula is C17H24N2S. The van der Waals surface area contributed by atoms with Crippen molar-refractivity contribution in [2.45, 2.75) is 32.9 Å². The van der Waals surface area contributed by atoms with Gasteiger partial charge in [0.25, 0.3) is 0 Å². The minimum absolute atomic E-state index is 0.409. The van der Waals surface area contributed by atoms with E-state index in [-0.39, 0.29) is 0 Å². The van der Waals surface area contributed by atoms with Crippen LogP contribution in [0.15, 0.2) is 41.8 Å². The number of thiophene rings is 1. The lowest BCUT2D eigenvalue weighted by Gasteiger charge is -2.26. The van der Waals surface area contributed by atoms with Crippen molar-refractivity contribution in [2.24, 2.45) is 0 Å². The Morgan fingerprint density at radius 3 is 2.40 bits per heavy atom. The third-order valence-corrected chi connectivity index (χ3v) is 4.89. The predicted octanol–water partition coefficient (Wildman–Crippen LogP) is 4.62. The summed E-state index contributed by atoms with van der Waals surface area (Å²) in [7, 11) is 2.16. The van der Waals surface area contributed by atoms with Crippen molar-refractivity contribution in [1.82, 2.24) is 5.32 Å². The van der Waals surface area contributed by atoms with Crippen molar-refractivity contribution >= 4 is 17.0 Å². The Labute approximate surface area is 126 Å². The first-order valence-corrected chi connectivity index (χ1v) is 8.11. The fourth-order valence-electron chi connectivity index (χ4n) is 2.37. The first-order chi connectivity index (χ1) is 9.63. The molecule has 108 valence electrons. The number of benzene rings is 1. The van der Waals surface area contributed by atoms with Crippen LogP contribution in [0.25, 0.3) is 0 Å². The summed E-state index contributed by atoms with van der Waals surface area (Å²) in [4.78, 5) is 3.73. The maximum Gasteiger partial charge on any atom is 0.0603 e. The van der Waals surface area contributed by atoms with E-state index in [1.165, 1.54) is 16.1 Å². The number of hydrogen-bond acceptors (Lipinski definition) is 3. The van der Waals surface area contributed by atoms with Crippen LogP contribution in [0.4, 0.5) is 5.69 Å². The van der Waals surface area contributed by atoms with Crippen LogP contribution >= 0.6 is 11.3 Å². The van der Waals surface area contributed by atoms with Crippen LogP contribution in [-0.4, -0.2) is 13.6 Å². The molecule has 0 saturated carbocycles. The summed E-state index contributed by atoms with van der Waals surface area (Å²) in [6.07, 6.45) is 0. The molecular weight excluding hydrogens is 264 g/mol. The smallest absolute Gasteiger partial charge is 0.0603 e. The van der Waals surface area contributed by atoms with Gasteiger partial charge in [0.15, 0.2) is 0 Å². The molecule has 2 rings (SSSR count). The highest BCUT2D eigenvalue weighted by Crippen LogP contribution is 2.28. The van der Waals surface area contributed by atoms with Crippen molar-refractivity contribution in [2.75, 3.05) is 18.5 Å². The molecule has 2 atom stereocenters. The molecule has 0 bridgehead atoms. The summed E-state index contributed by atoms with van der Waals surface area (Å²) in [5.41, 5.74) is 2.60. The molecule has 1 N–H and O–H groups in total. The van der Waals surface area contributed by atoms with Crippen LogP contribution in [0.1, 0.15) is 43.3 Å². The molecule has 3 heteroatoms. The highest BCUT2D eigenvalue weighted by molar-refractivity contribution is 7.10. The van der Waals surface area contributed by atoms with Gasteiger partial charge in [-0.3, -0.25) is 0 Å². The Kier molecular flexibility index (Phi) is 5.21. The van der Waals surface area contributed by atoms with E-state index in [0.29, 0.717) is 12.1 Å². The molecule has 0 amide bonds. The van der Waals surface area contributed by atoms with Crippen LogP contribution in [-0.2, 0) is 0 Å². The summed E-state index contributed by atoms with van der Waals surface area (Å²) < 4.78 is 0. The number of nitrogens with one attached hydrogen (secondary N) is 1. The van der Waals surface area contributed by atoms with Crippen LogP contribution < -0.4 is 10.2 Å². The quantitative estimate of drug-likeness (QED) is 0.834. The normalized spacial score (nSPS) is 14.0. The van der Waals surface area contributed by atoms with E-state index in [4.69, 9.17) is 0 Å². The number of nitrogens with zero attached hydrogens (tertiary/aromatic N) is 1. The lowest BCUT2D eigenvalue weighted by Crippen LogP contribution is -2.21. The molecule has 2 nitrogen and oxygen atoms in total. The van der Waals surface area contributed by atoms with E-state index in [1.807, 2.05) is 11.3 Å². The second kappa shape index (κ2) is 6.91. The molecule has 2 aromatic rings. The monoisotopic (exact) mass is 288 g/mol. The predicted molar refractivity (Wildman–Crippen MR) is 89.7 cm³/mol. The van der Waals surface area contributed by atoms with E-state index in [2.05, 4.69) is 79.8 Å². The highest BCUT2D eigenvalue weighted by atomic mass is 32.1. The van der Waals surface area contributed by atoms with Gasteiger partial charge in [-0.25, -0.2) is 0 Å². The van der Waals surface area contributed by atoms with Crippen molar-refractivity contribution in [3.05, 3.63) is 52.2 Å². The van der Waals surface area contributed by atoms with Gasteiger partial charge in [-0.15, -0.1) is 11.3 Å². The SMILES string of the molecule is CCNC(C)c1ccc(N(C)C(C)c2cccs2)cc1.